The second-order valence-electron chi connectivity index (χ2n) is 4.83. The molecule has 1 amide bonds. The summed E-state index contributed by atoms with van der Waals surface area (Å²) in [5, 5.41) is 14.9. The quantitative estimate of drug-likeness (QED) is 0.775. The summed E-state index contributed by atoms with van der Waals surface area (Å²) in [6, 6.07) is 4.55. The third-order valence-corrected chi connectivity index (χ3v) is 3.36. The zero-order chi connectivity index (χ0) is 13.8. The Balaban J connectivity index is 2.06. The van der Waals surface area contributed by atoms with E-state index in [-0.39, 0.29) is 17.5 Å². The number of carboxylic acid groups (broad SMARTS) is 1. The number of aromatic carboxylic acids is 1. The molecule has 3 N–H and O–H groups in total. The van der Waals surface area contributed by atoms with Gasteiger partial charge in [-0.15, -0.1) is 0 Å². The van der Waals surface area contributed by atoms with Crippen LogP contribution in [0.15, 0.2) is 18.2 Å². The highest BCUT2D eigenvalue weighted by atomic mass is 16.4. The van der Waals surface area contributed by atoms with Gasteiger partial charge in [0.05, 0.1) is 11.6 Å². The SMILES string of the molecule is Cc1cc(C(=O)O)ccc1NC(=O)[C@@H]1CCCCN1. The maximum atomic E-state index is 12.0. The first-order valence-corrected chi connectivity index (χ1v) is 6.46. The van der Waals surface area contributed by atoms with Crippen LogP contribution in [0.1, 0.15) is 35.2 Å². The number of hydrogen-bond donors (Lipinski definition) is 3. The van der Waals surface area contributed by atoms with Crippen molar-refractivity contribution < 1.29 is 14.7 Å². The highest BCUT2D eigenvalue weighted by Gasteiger charge is 2.20. The van der Waals surface area contributed by atoms with Crippen molar-refractivity contribution in [2.24, 2.45) is 0 Å². The van der Waals surface area contributed by atoms with Crippen LogP contribution >= 0.6 is 0 Å². The first kappa shape index (κ1) is 13.5. The molecule has 1 atom stereocenters. The Bertz CT molecular complexity index is 493. The summed E-state index contributed by atoms with van der Waals surface area (Å²) in [5.74, 6) is -1.01. The van der Waals surface area contributed by atoms with Crippen LogP contribution in [0, 0.1) is 6.92 Å². The molecule has 0 aromatic heterocycles. The average Bonchev–Trinajstić information content (AvgIpc) is 2.41. The smallest absolute Gasteiger partial charge is 0.335 e. The van der Waals surface area contributed by atoms with Crippen molar-refractivity contribution >= 4 is 17.6 Å². The van der Waals surface area contributed by atoms with Crippen LogP contribution in [-0.4, -0.2) is 29.6 Å². The van der Waals surface area contributed by atoms with E-state index >= 15 is 0 Å². The maximum Gasteiger partial charge on any atom is 0.335 e. The Morgan fingerprint density at radius 1 is 1.37 bits per heavy atom. The Morgan fingerprint density at radius 3 is 2.74 bits per heavy atom. The molecule has 1 aromatic rings. The van der Waals surface area contributed by atoms with Gasteiger partial charge in [0.1, 0.15) is 0 Å². The minimum Gasteiger partial charge on any atom is -0.478 e. The van der Waals surface area contributed by atoms with Gasteiger partial charge >= 0.3 is 5.97 Å². The standard InChI is InChI=1S/C14H18N2O3/c1-9-8-10(14(18)19)5-6-11(9)16-13(17)12-4-2-3-7-15-12/h5-6,8,12,15H,2-4,7H2,1H3,(H,16,17)(H,18,19)/t12-/m0/s1. The number of carboxylic acids is 1. The fourth-order valence-electron chi connectivity index (χ4n) is 2.23. The number of rotatable bonds is 3. The van der Waals surface area contributed by atoms with Crippen LogP contribution in [0.25, 0.3) is 0 Å². The summed E-state index contributed by atoms with van der Waals surface area (Å²) in [7, 11) is 0. The van der Waals surface area contributed by atoms with E-state index in [0.717, 1.165) is 31.4 Å². The van der Waals surface area contributed by atoms with E-state index in [0.29, 0.717) is 5.69 Å². The summed E-state index contributed by atoms with van der Waals surface area (Å²) in [4.78, 5) is 22.9. The molecule has 1 aliphatic rings. The Hall–Kier alpha value is -1.88. The lowest BCUT2D eigenvalue weighted by Crippen LogP contribution is -2.43. The lowest BCUT2D eigenvalue weighted by atomic mass is 10.0. The van der Waals surface area contributed by atoms with Crippen molar-refractivity contribution in [3.8, 4) is 0 Å². The third kappa shape index (κ3) is 3.32. The average molecular weight is 262 g/mol. The van der Waals surface area contributed by atoms with Crippen molar-refractivity contribution in [1.29, 1.82) is 0 Å². The van der Waals surface area contributed by atoms with Gasteiger partial charge < -0.3 is 15.7 Å². The summed E-state index contributed by atoms with van der Waals surface area (Å²) in [5.41, 5.74) is 1.65. The van der Waals surface area contributed by atoms with E-state index in [2.05, 4.69) is 10.6 Å². The number of anilines is 1. The lowest BCUT2D eigenvalue weighted by Gasteiger charge is -2.23. The van der Waals surface area contributed by atoms with Gasteiger partial charge in [0.15, 0.2) is 0 Å². The van der Waals surface area contributed by atoms with E-state index in [4.69, 9.17) is 5.11 Å². The first-order valence-electron chi connectivity index (χ1n) is 6.46. The van der Waals surface area contributed by atoms with Gasteiger partial charge in [-0.2, -0.15) is 0 Å². The van der Waals surface area contributed by atoms with Crippen LogP contribution in [0.5, 0.6) is 0 Å². The van der Waals surface area contributed by atoms with Crippen LogP contribution in [0.2, 0.25) is 0 Å². The van der Waals surface area contributed by atoms with Crippen LogP contribution < -0.4 is 10.6 Å². The number of carbonyl (C=O) groups is 2. The molecule has 5 heteroatoms. The first-order chi connectivity index (χ1) is 9.08. The van der Waals surface area contributed by atoms with E-state index in [1.54, 1.807) is 19.1 Å². The maximum absolute atomic E-state index is 12.0. The van der Waals surface area contributed by atoms with Gasteiger partial charge in [-0.05, 0) is 50.1 Å². The van der Waals surface area contributed by atoms with Crippen LogP contribution in [-0.2, 0) is 4.79 Å². The molecule has 5 nitrogen and oxygen atoms in total. The molecule has 1 heterocycles. The lowest BCUT2D eigenvalue weighted by molar-refractivity contribution is -0.118. The number of benzene rings is 1. The van der Waals surface area contributed by atoms with E-state index in [9.17, 15) is 9.59 Å². The third-order valence-electron chi connectivity index (χ3n) is 3.36. The number of carbonyl (C=O) groups excluding carboxylic acids is 1. The van der Waals surface area contributed by atoms with Crippen molar-refractivity contribution in [2.75, 3.05) is 11.9 Å². The fourth-order valence-corrected chi connectivity index (χ4v) is 2.23. The van der Waals surface area contributed by atoms with Gasteiger partial charge in [-0.1, -0.05) is 6.42 Å². The van der Waals surface area contributed by atoms with Crippen LogP contribution in [0.3, 0.4) is 0 Å². The molecule has 102 valence electrons. The van der Waals surface area contributed by atoms with Crippen molar-refractivity contribution in [2.45, 2.75) is 32.2 Å². The second-order valence-corrected chi connectivity index (χ2v) is 4.83. The molecule has 19 heavy (non-hydrogen) atoms. The van der Waals surface area contributed by atoms with Crippen molar-refractivity contribution in [1.82, 2.24) is 5.32 Å². The van der Waals surface area contributed by atoms with Crippen molar-refractivity contribution in [3.05, 3.63) is 29.3 Å². The zero-order valence-electron chi connectivity index (χ0n) is 10.9. The molecule has 0 saturated carbocycles. The largest absolute Gasteiger partial charge is 0.478 e. The molecule has 1 saturated heterocycles. The van der Waals surface area contributed by atoms with Gasteiger partial charge in [0.25, 0.3) is 0 Å². The minimum absolute atomic E-state index is 0.0501. The Kier molecular flexibility index (Phi) is 4.16. The molecule has 0 bridgehead atoms. The number of aryl methyl sites for hydroxylation is 1. The minimum atomic E-state index is -0.963. The molecule has 0 unspecified atom stereocenters. The summed E-state index contributed by atoms with van der Waals surface area (Å²) >= 11 is 0. The molecule has 2 rings (SSSR count). The molecular formula is C14H18N2O3. The number of nitrogens with one attached hydrogen (secondary N) is 2. The van der Waals surface area contributed by atoms with Gasteiger partial charge in [-0.3, -0.25) is 4.79 Å². The molecule has 1 fully saturated rings. The highest BCUT2D eigenvalue weighted by Crippen LogP contribution is 2.18. The summed E-state index contributed by atoms with van der Waals surface area (Å²) in [6.07, 6.45) is 3.01. The summed E-state index contributed by atoms with van der Waals surface area (Å²) in [6.45, 7) is 2.66. The number of amides is 1. The Labute approximate surface area is 112 Å². The van der Waals surface area contributed by atoms with E-state index in [1.807, 2.05) is 0 Å². The van der Waals surface area contributed by atoms with Gasteiger partial charge in [0, 0.05) is 5.69 Å². The monoisotopic (exact) mass is 262 g/mol. The van der Waals surface area contributed by atoms with Crippen molar-refractivity contribution in [3.63, 3.8) is 0 Å². The molecule has 1 aromatic carbocycles. The molecule has 0 aliphatic carbocycles. The summed E-state index contributed by atoms with van der Waals surface area (Å²) < 4.78 is 0. The number of piperidine rings is 1. The van der Waals surface area contributed by atoms with Gasteiger partial charge in [0.2, 0.25) is 5.91 Å². The topological polar surface area (TPSA) is 78.4 Å². The number of hydrogen-bond acceptors (Lipinski definition) is 3. The van der Waals surface area contributed by atoms with Crippen LogP contribution in [0.4, 0.5) is 5.69 Å². The molecular weight excluding hydrogens is 244 g/mol. The predicted octanol–water partition coefficient (Wildman–Crippen LogP) is 1.77. The molecule has 0 radical (unpaired) electrons. The Morgan fingerprint density at radius 2 is 2.16 bits per heavy atom. The molecule has 1 aliphatic heterocycles. The van der Waals surface area contributed by atoms with Gasteiger partial charge in [-0.25, -0.2) is 4.79 Å². The highest BCUT2D eigenvalue weighted by molar-refractivity contribution is 5.96. The zero-order valence-corrected chi connectivity index (χ0v) is 10.9. The van der Waals surface area contributed by atoms with E-state index < -0.39 is 5.97 Å². The molecule has 0 spiro atoms. The second kappa shape index (κ2) is 5.84. The fraction of sp³-hybridized carbons (Fsp3) is 0.429. The normalized spacial score (nSPS) is 18.9. The predicted molar refractivity (Wildman–Crippen MR) is 72.4 cm³/mol. The van der Waals surface area contributed by atoms with E-state index in [1.165, 1.54) is 6.07 Å².